The van der Waals surface area contributed by atoms with E-state index in [1.165, 1.54) is 11.3 Å². The normalized spacial score (nSPS) is 17.5. The summed E-state index contributed by atoms with van der Waals surface area (Å²) in [5.74, 6) is 0.950. The van der Waals surface area contributed by atoms with Gasteiger partial charge in [0.15, 0.2) is 0 Å². The van der Waals surface area contributed by atoms with Crippen LogP contribution in [0, 0.1) is 6.92 Å². The van der Waals surface area contributed by atoms with Crippen LogP contribution in [0.2, 0.25) is 0 Å². The van der Waals surface area contributed by atoms with Crippen molar-refractivity contribution in [2.75, 3.05) is 54.8 Å². The van der Waals surface area contributed by atoms with Gasteiger partial charge in [-0.25, -0.2) is 4.68 Å². The number of piperazine rings is 1. The number of benzene rings is 1. The summed E-state index contributed by atoms with van der Waals surface area (Å²) in [5.41, 5.74) is 3.34. The van der Waals surface area contributed by atoms with Crippen molar-refractivity contribution >= 4 is 23.1 Å². The number of aromatic nitrogens is 2. The Labute approximate surface area is 154 Å². The van der Waals surface area contributed by atoms with Gasteiger partial charge in [0.05, 0.1) is 12.7 Å². The molecule has 1 fully saturated rings. The zero-order valence-corrected chi connectivity index (χ0v) is 15.2. The summed E-state index contributed by atoms with van der Waals surface area (Å²) in [6, 6.07) is 8.60. The van der Waals surface area contributed by atoms with E-state index in [-0.39, 0.29) is 5.91 Å². The second-order valence-electron chi connectivity index (χ2n) is 7.06. The highest BCUT2D eigenvalue weighted by Gasteiger charge is 2.21. The van der Waals surface area contributed by atoms with Gasteiger partial charge in [0.2, 0.25) is 5.91 Å². The molecule has 2 aliphatic rings. The van der Waals surface area contributed by atoms with Crippen LogP contribution in [0.4, 0.5) is 17.2 Å². The molecule has 3 heterocycles. The zero-order chi connectivity index (χ0) is 17.9. The van der Waals surface area contributed by atoms with Gasteiger partial charge < -0.3 is 15.5 Å². The van der Waals surface area contributed by atoms with Gasteiger partial charge in [-0.1, -0.05) is 12.1 Å². The Morgan fingerprint density at radius 2 is 2.08 bits per heavy atom. The van der Waals surface area contributed by atoms with Crippen LogP contribution in [0.5, 0.6) is 0 Å². The highest BCUT2D eigenvalue weighted by Crippen LogP contribution is 2.24. The molecule has 7 heteroatoms. The summed E-state index contributed by atoms with van der Waals surface area (Å²) >= 11 is 0. The lowest BCUT2D eigenvalue weighted by Gasteiger charge is -2.35. The number of hydrogen-bond donors (Lipinski definition) is 2. The number of hydrogen-bond acceptors (Lipinski definition) is 5. The average Bonchev–Trinajstić information content (AvgIpc) is 3.05. The highest BCUT2D eigenvalue weighted by molar-refractivity contribution is 5.94. The first-order valence-electron chi connectivity index (χ1n) is 9.32. The van der Waals surface area contributed by atoms with Crippen molar-refractivity contribution in [1.29, 1.82) is 0 Å². The van der Waals surface area contributed by atoms with E-state index in [1.807, 2.05) is 4.68 Å². The van der Waals surface area contributed by atoms with Crippen LogP contribution < -0.4 is 15.5 Å². The summed E-state index contributed by atoms with van der Waals surface area (Å²) in [6.07, 6.45) is 2.80. The average molecular weight is 354 g/mol. The molecule has 1 amide bonds. The van der Waals surface area contributed by atoms with E-state index >= 15 is 0 Å². The Hall–Kier alpha value is -2.54. The van der Waals surface area contributed by atoms with Crippen molar-refractivity contribution in [3.63, 3.8) is 0 Å². The lowest BCUT2D eigenvalue weighted by molar-refractivity contribution is -0.117. The summed E-state index contributed by atoms with van der Waals surface area (Å²) < 4.78 is 1.92. The number of anilines is 3. The smallest absolute Gasteiger partial charge is 0.238 e. The molecule has 0 aliphatic carbocycles. The number of rotatable bonds is 4. The fraction of sp³-hybridized carbons (Fsp3) is 0.474. The van der Waals surface area contributed by atoms with Crippen LogP contribution in [0.25, 0.3) is 0 Å². The van der Waals surface area contributed by atoms with Crippen LogP contribution in [-0.2, 0) is 11.3 Å². The fourth-order valence-corrected chi connectivity index (χ4v) is 3.65. The van der Waals surface area contributed by atoms with E-state index < -0.39 is 0 Å². The molecule has 0 atom stereocenters. The molecule has 0 saturated carbocycles. The van der Waals surface area contributed by atoms with E-state index in [0.29, 0.717) is 6.54 Å². The van der Waals surface area contributed by atoms with Crippen molar-refractivity contribution in [3.8, 4) is 0 Å². The Kier molecular flexibility index (Phi) is 4.79. The van der Waals surface area contributed by atoms with Crippen molar-refractivity contribution in [2.24, 2.45) is 0 Å². The van der Waals surface area contributed by atoms with Crippen molar-refractivity contribution < 1.29 is 4.79 Å². The standard InChI is InChI=1S/C19H26N6O/c1-15-4-2-5-16(12-15)24-10-8-23(9-11-24)14-18(26)22-17-13-21-25-7-3-6-20-19(17)25/h2,4-5,12-13,20H,3,6-11,14H2,1H3,(H,22,26). The maximum atomic E-state index is 12.4. The molecule has 2 N–H and O–H groups in total. The predicted molar refractivity (Wildman–Crippen MR) is 104 cm³/mol. The number of carbonyl (C=O) groups excluding carboxylic acids is 1. The molecular formula is C19H26N6O. The third kappa shape index (κ3) is 3.67. The van der Waals surface area contributed by atoms with E-state index in [4.69, 9.17) is 0 Å². The molecule has 0 spiro atoms. The van der Waals surface area contributed by atoms with Crippen LogP contribution >= 0.6 is 0 Å². The second kappa shape index (κ2) is 7.37. The molecule has 26 heavy (non-hydrogen) atoms. The number of fused-ring (bicyclic) bond motifs is 1. The highest BCUT2D eigenvalue weighted by atomic mass is 16.2. The molecular weight excluding hydrogens is 328 g/mol. The van der Waals surface area contributed by atoms with E-state index in [1.54, 1.807) is 6.20 Å². The summed E-state index contributed by atoms with van der Waals surface area (Å²) in [7, 11) is 0. The lowest BCUT2D eigenvalue weighted by atomic mass is 10.2. The van der Waals surface area contributed by atoms with E-state index in [0.717, 1.165) is 57.2 Å². The Morgan fingerprint density at radius 3 is 2.88 bits per heavy atom. The largest absolute Gasteiger partial charge is 0.369 e. The molecule has 0 bridgehead atoms. The number of amides is 1. The molecule has 0 unspecified atom stereocenters. The van der Waals surface area contributed by atoms with Gasteiger partial charge in [0.25, 0.3) is 0 Å². The molecule has 1 aromatic carbocycles. The predicted octanol–water partition coefficient (Wildman–Crippen LogP) is 1.77. The molecule has 1 saturated heterocycles. The number of nitrogens with one attached hydrogen (secondary N) is 2. The fourth-order valence-electron chi connectivity index (χ4n) is 3.65. The first-order valence-corrected chi connectivity index (χ1v) is 9.32. The molecule has 0 radical (unpaired) electrons. The monoisotopic (exact) mass is 354 g/mol. The van der Waals surface area contributed by atoms with Gasteiger partial charge in [-0.05, 0) is 31.0 Å². The first kappa shape index (κ1) is 16.9. The lowest BCUT2D eigenvalue weighted by Crippen LogP contribution is -2.48. The summed E-state index contributed by atoms with van der Waals surface area (Å²) in [6.45, 7) is 8.05. The molecule has 138 valence electrons. The molecule has 2 aromatic rings. The Morgan fingerprint density at radius 1 is 1.23 bits per heavy atom. The summed E-state index contributed by atoms with van der Waals surface area (Å²) in [4.78, 5) is 17.0. The van der Waals surface area contributed by atoms with Crippen LogP contribution in [-0.4, -0.2) is 59.9 Å². The minimum absolute atomic E-state index is 0.0252. The second-order valence-corrected chi connectivity index (χ2v) is 7.06. The number of nitrogens with zero attached hydrogens (tertiary/aromatic N) is 4. The number of carbonyl (C=O) groups is 1. The molecule has 7 nitrogen and oxygen atoms in total. The Balaban J connectivity index is 1.29. The van der Waals surface area contributed by atoms with Gasteiger partial charge in [-0.2, -0.15) is 5.10 Å². The van der Waals surface area contributed by atoms with Crippen LogP contribution in [0.1, 0.15) is 12.0 Å². The summed E-state index contributed by atoms with van der Waals surface area (Å²) in [5, 5.41) is 10.6. The van der Waals surface area contributed by atoms with Crippen molar-refractivity contribution in [3.05, 3.63) is 36.0 Å². The van der Waals surface area contributed by atoms with E-state index in [2.05, 4.69) is 56.7 Å². The molecule has 2 aliphatic heterocycles. The topological polar surface area (TPSA) is 65.4 Å². The van der Waals surface area contributed by atoms with Crippen LogP contribution in [0.15, 0.2) is 30.5 Å². The van der Waals surface area contributed by atoms with Crippen molar-refractivity contribution in [2.45, 2.75) is 19.9 Å². The minimum atomic E-state index is 0.0252. The molecule has 1 aromatic heterocycles. The quantitative estimate of drug-likeness (QED) is 0.876. The molecule has 4 rings (SSSR count). The zero-order valence-electron chi connectivity index (χ0n) is 15.2. The first-order chi connectivity index (χ1) is 12.7. The van der Waals surface area contributed by atoms with Crippen molar-refractivity contribution in [1.82, 2.24) is 14.7 Å². The maximum Gasteiger partial charge on any atom is 0.238 e. The number of aryl methyl sites for hydroxylation is 2. The van der Waals surface area contributed by atoms with Gasteiger partial charge in [-0.15, -0.1) is 0 Å². The Bertz CT molecular complexity index is 778. The van der Waals surface area contributed by atoms with Crippen LogP contribution in [0.3, 0.4) is 0 Å². The maximum absolute atomic E-state index is 12.4. The van der Waals surface area contributed by atoms with Gasteiger partial charge in [0.1, 0.15) is 11.5 Å². The third-order valence-electron chi connectivity index (χ3n) is 5.06. The van der Waals surface area contributed by atoms with Gasteiger partial charge >= 0.3 is 0 Å². The van der Waals surface area contributed by atoms with Gasteiger partial charge in [0, 0.05) is 45.0 Å². The van der Waals surface area contributed by atoms with E-state index in [9.17, 15) is 4.79 Å². The SMILES string of the molecule is Cc1cccc(N2CCN(CC(=O)Nc3cnn4c3NCCC4)CC2)c1. The van der Waals surface area contributed by atoms with Gasteiger partial charge in [-0.3, -0.25) is 9.69 Å². The minimum Gasteiger partial charge on any atom is -0.369 e. The third-order valence-corrected chi connectivity index (χ3v) is 5.06.